The topological polar surface area (TPSA) is 82.6 Å². The van der Waals surface area contributed by atoms with E-state index in [9.17, 15) is 10.1 Å². The Labute approximate surface area is 79.9 Å². The smallest absolute Gasteiger partial charge is 0.304 e. The summed E-state index contributed by atoms with van der Waals surface area (Å²) < 4.78 is 0. The molecule has 0 fully saturated rings. The van der Waals surface area contributed by atoms with Crippen LogP contribution in [0.5, 0.6) is 0 Å². The van der Waals surface area contributed by atoms with Crippen molar-refractivity contribution < 1.29 is 4.92 Å². The van der Waals surface area contributed by atoms with Crippen molar-refractivity contribution in [3.8, 4) is 0 Å². The molecular formula is C6H9ClN4O2. The summed E-state index contributed by atoms with van der Waals surface area (Å²) in [4.78, 5) is 15.1. The number of halogens is 1. The maximum absolute atomic E-state index is 10.5. The summed E-state index contributed by atoms with van der Waals surface area (Å²) in [6.07, 6.45) is 0. The number of hydrogen-bond acceptors (Lipinski definition) is 4. The van der Waals surface area contributed by atoms with Gasteiger partial charge in [0.1, 0.15) is 5.84 Å². The van der Waals surface area contributed by atoms with Crippen LogP contribution in [0, 0.1) is 15.5 Å². The number of aliphatic imine (C=N–C) groups is 1. The standard InChI is InChI=1S/C6H9ClN4O2/c1-3-9-6(8)4(11(12)13)5(7)10(3)2/h4-5,8H,1-2H3. The summed E-state index contributed by atoms with van der Waals surface area (Å²) in [5, 5.41) is 17.8. The molecule has 7 heteroatoms. The van der Waals surface area contributed by atoms with Gasteiger partial charge in [0.15, 0.2) is 5.50 Å². The summed E-state index contributed by atoms with van der Waals surface area (Å²) in [7, 11) is 1.61. The van der Waals surface area contributed by atoms with Crippen LogP contribution in [-0.2, 0) is 0 Å². The summed E-state index contributed by atoms with van der Waals surface area (Å²) in [5.41, 5.74) is -0.833. The molecule has 0 spiro atoms. The van der Waals surface area contributed by atoms with E-state index in [4.69, 9.17) is 17.0 Å². The van der Waals surface area contributed by atoms with Gasteiger partial charge in [-0.15, -0.1) is 0 Å². The van der Waals surface area contributed by atoms with Crippen LogP contribution in [-0.4, -0.2) is 40.1 Å². The van der Waals surface area contributed by atoms with Gasteiger partial charge in [0, 0.05) is 12.0 Å². The van der Waals surface area contributed by atoms with Crippen molar-refractivity contribution in [3.63, 3.8) is 0 Å². The van der Waals surface area contributed by atoms with Crippen LogP contribution in [0.3, 0.4) is 0 Å². The lowest BCUT2D eigenvalue weighted by Crippen LogP contribution is -2.51. The van der Waals surface area contributed by atoms with Gasteiger partial charge >= 0.3 is 6.04 Å². The summed E-state index contributed by atoms with van der Waals surface area (Å²) >= 11 is 5.78. The molecule has 1 aliphatic rings. The molecule has 0 saturated carbocycles. The highest BCUT2D eigenvalue weighted by Gasteiger charge is 2.41. The van der Waals surface area contributed by atoms with Crippen molar-refractivity contribution in [2.45, 2.75) is 18.5 Å². The minimum absolute atomic E-state index is 0.291. The molecule has 1 aliphatic heterocycles. The molecule has 1 heterocycles. The SMILES string of the molecule is CC1=NC(=N)C([N+](=O)[O-])C(Cl)N1C. The van der Waals surface area contributed by atoms with Crippen LogP contribution in [0.25, 0.3) is 0 Å². The molecule has 0 bridgehead atoms. The molecule has 0 radical (unpaired) electrons. The Balaban J connectivity index is 3.02. The average molecular weight is 205 g/mol. The van der Waals surface area contributed by atoms with Crippen LogP contribution >= 0.6 is 11.6 Å². The quantitative estimate of drug-likeness (QED) is 0.293. The Hall–Kier alpha value is -1.17. The average Bonchev–Trinajstić information content (AvgIpc) is 1.99. The number of rotatable bonds is 1. The third-order valence-electron chi connectivity index (χ3n) is 1.93. The van der Waals surface area contributed by atoms with Gasteiger partial charge in [-0.3, -0.25) is 15.5 Å². The Morgan fingerprint density at radius 3 is 2.77 bits per heavy atom. The zero-order valence-electron chi connectivity index (χ0n) is 7.19. The minimum Gasteiger partial charge on any atom is -0.341 e. The number of nitrogens with one attached hydrogen (secondary N) is 1. The first-order valence-electron chi connectivity index (χ1n) is 3.59. The fourth-order valence-corrected chi connectivity index (χ4v) is 1.39. The van der Waals surface area contributed by atoms with Gasteiger partial charge in [-0.1, -0.05) is 11.6 Å². The number of hydrogen-bond donors (Lipinski definition) is 1. The van der Waals surface area contributed by atoms with Crippen molar-refractivity contribution in [3.05, 3.63) is 10.1 Å². The van der Waals surface area contributed by atoms with Crippen LogP contribution < -0.4 is 0 Å². The van der Waals surface area contributed by atoms with Gasteiger partial charge < -0.3 is 4.90 Å². The van der Waals surface area contributed by atoms with E-state index in [1.807, 2.05) is 0 Å². The Morgan fingerprint density at radius 2 is 2.31 bits per heavy atom. The molecule has 0 aromatic heterocycles. The first-order chi connectivity index (χ1) is 5.95. The van der Waals surface area contributed by atoms with E-state index in [-0.39, 0.29) is 5.84 Å². The summed E-state index contributed by atoms with van der Waals surface area (Å²) in [6.45, 7) is 1.65. The monoisotopic (exact) mass is 204 g/mol. The Kier molecular flexibility index (Phi) is 2.51. The van der Waals surface area contributed by atoms with Crippen LogP contribution in [0.4, 0.5) is 0 Å². The number of likely N-dealkylation sites (N-methyl/N-ethyl adjacent to an activating group) is 1. The molecule has 0 aliphatic carbocycles. The number of amidine groups is 2. The molecule has 6 nitrogen and oxygen atoms in total. The highest BCUT2D eigenvalue weighted by atomic mass is 35.5. The second-order valence-electron chi connectivity index (χ2n) is 2.76. The van der Waals surface area contributed by atoms with Gasteiger partial charge in [-0.2, -0.15) is 0 Å². The maximum Gasteiger partial charge on any atom is 0.304 e. The highest BCUT2D eigenvalue weighted by Crippen LogP contribution is 2.17. The van der Waals surface area contributed by atoms with E-state index < -0.39 is 16.5 Å². The molecular weight excluding hydrogens is 196 g/mol. The van der Waals surface area contributed by atoms with Crippen molar-refractivity contribution in [1.29, 1.82) is 5.41 Å². The minimum atomic E-state index is -1.24. The molecule has 0 saturated heterocycles. The number of alkyl halides is 1. The maximum atomic E-state index is 10.5. The predicted molar refractivity (Wildman–Crippen MR) is 49.0 cm³/mol. The van der Waals surface area contributed by atoms with Gasteiger partial charge in [-0.05, 0) is 6.92 Å². The molecule has 2 atom stereocenters. The van der Waals surface area contributed by atoms with E-state index in [0.29, 0.717) is 5.84 Å². The summed E-state index contributed by atoms with van der Waals surface area (Å²) in [5.74, 6) is 0.226. The molecule has 1 rings (SSSR count). The first kappa shape index (κ1) is 9.91. The number of nitrogens with zero attached hydrogens (tertiary/aromatic N) is 3. The second-order valence-corrected chi connectivity index (χ2v) is 3.21. The van der Waals surface area contributed by atoms with E-state index in [1.165, 1.54) is 4.90 Å². The third-order valence-corrected chi connectivity index (χ3v) is 2.46. The molecule has 0 amide bonds. The first-order valence-corrected chi connectivity index (χ1v) is 4.03. The normalized spacial score (nSPS) is 28.7. The van der Waals surface area contributed by atoms with Gasteiger partial charge in [0.05, 0.1) is 0 Å². The molecule has 2 unspecified atom stereocenters. The van der Waals surface area contributed by atoms with Crippen LogP contribution in [0.2, 0.25) is 0 Å². The lowest BCUT2D eigenvalue weighted by molar-refractivity contribution is -0.506. The highest BCUT2D eigenvalue weighted by molar-refractivity contribution is 6.24. The lowest BCUT2D eigenvalue weighted by Gasteiger charge is -2.29. The predicted octanol–water partition coefficient (Wildman–Crippen LogP) is 0.538. The third kappa shape index (κ3) is 1.62. The van der Waals surface area contributed by atoms with E-state index in [0.717, 1.165) is 0 Å². The zero-order chi connectivity index (χ0) is 10.2. The van der Waals surface area contributed by atoms with Crippen molar-refractivity contribution >= 4 is 23.3 Å². The molecule has 0 aromatic carbocycles. The van der Waals surface area contributed by atoms with Crippen molar-refractivity contribution in [2.75, 3.05) is 7.05 Å². The van der Waals surface area contributed by atoms with Crippen LogP contribution in [0.1, 0.15) is 6.92 Å². The van der Waals surface area contributed by atoms with Gasteiger partial charge in [0.25, 0.3) is 0 Å². The summed E-state index contributed by atoms with van der Waals surface area (Å²) in [6, 6.07) is -1.24. The van der Waals surface area contributed by atoms with Gasteiger partial charge in [0.2, 0.25) is 5.84 Å². The lowest BCUT2D eigenvalue weighted by atomic mass is 10.2. The van der Waals surface area contributed by atoms with Crippen molar-refractivity contribution in [1.82, 2.24) is 4.90 Å². The molecule has 1 N–H and O–H groups in total. The largest absolute Gasteiger partial charge is 0.341 e. The van der Waals surface area contributed by atoms with Crippen molar-refractivity contribution in [2.24, 2.45) is 4.99 Å². The number of nitro groups is 1. The molecule has 72 valence electrons. The van der Waals surface area contributed by atoms with Gasteiger partial charge in [-0.25, -0.2) is 4.99 Å². The second kappa shape index (κ2) is 3.29. The van der Waals surface area contributed by atoms with E-state index in [2.05, 4.69) is 4.99 Å². The zero-order valence-corrected chi connectivity index (χ0v) is 7.95. The Bertz CT molecular complexity index is 290. The van der Waals surface area contributed by atoms with E-state index in [1.54, 1.807) is 14.0 Å². The fraction of sp³-hybridized carbons (Fsp3) is 0.667. The fourth-order valence-electron chi connectivity index (χ4n) is 1.04. The van der Waals surface area contributed by atoms with Crippen LogP contribution in [0.15, 0.2) is 4.99 Å². The molecule has 13 heavy (non-hydrogen) atoms. The van der Waals surface area contributed by atoms with E-state index >= 15 is 0 Å². The Morgan fingerprint density at radius 1 is 1.77 bits per heavy atom. The molecule has 0 aromatic rings.